The van der Waals surface area contributed by atoms with Crippen LogP contribution in [-0.4, -0.2) is 21.6 Å². The molecule has 0 saturated carbocycles. The van der Waals surface area contributed by atoms with Crippen LogP contribution in [0, 0.1) is 0 Å². The molecule has 1 aromatic heterocycles. The number of nitrogen functional groups attached to an aromatic ring is 1. The summed E-state index contributed by atoms with van der Waals surface area (Å²) in [6.07, 6.45) is 0. The Balaban J connectivity index is 1.50. The Morgan fingerprint density at radius 1 is 1.04 bits per heavy atom. The number of fused-ring (bicyclic) bond motifs is 1. The van der Waals surface area contributed by atoms with Crippen molar-refractivity contribution in [1.82, 2.24) is 15.3 Å². The lowest BCUT2D eigenvalue weighted by Gasteiger charge is -2.06. The lowest BCUT2D eigenvalue weighted by atomic mass is 10.2. The van der Waals surface area contributed by atoms with Crippen LogP contribution in [0.25, 0.3) is 10.9 Å². The van der Waals surface area contributed by atoms with E-state index in [1.807, 2.05) is 54.6 Å². The molecule has 0 bridgehead atoms. The summed E-state index contributed by atoms with van der Waals surface area (Å²) in [6, 6.07) is 17.5. The van der Waals surface area contributed by atoms with Crippen LogP contribution in [0.2, 0.25) is 0 Å². The quantitative estimate of drug-likeness (QED) is 0.722. The van der Waals surface area contributed by atoms with E-state index in [4.69, 9.17) is 5.73 Å². The molecule has 3 aromatic rings. The molecule has 2 aromatic carbocycles. The molecule has 0 aliphatic rings. The van der Waals surface area contributed by atoms with Crippen LogP contribution in [0.3, 0.4) is 0 Å². The van der Waals surface area contributed by atoms with Gasteiger partial charge in [-0.1, -0.05) is 42.5 Å². The number of hydrogen-bond acceptors (Lipinski definition) is 5. The van der Waals surface area contributed by atoms with Gasteiger partial charge in [-0.3, -0.25) is 4.79 Å². The molecule has 6 heteroatoms. The number of para-hydroxylation sites is 1. The van der Waals surface area contributed by atoms with Gasteiger partial charge in [0.2, 0.25) is 5.91 Å². The topological polar surface area (TPSA) is 80.9 Å². The SMILES string of the molecule is Nc1nc(CSCC(=O)NCc2ccccc2)nc2ccccc12. The number of amides is 1. The van der Waals surface area contributed by atoms with E-state index in [0.29, 0.717) is 29.7 Å². The normalized spacial score (nSPS) is 10.7. The molecule has 1 amide bonds. The Labute approximate surface area is 144 Å². The Hall–Kier alpha value is -2.60. The second-order valence-corrected chi connectivity index (χ2v) is 6.28. The zero-order chi connectivity index (χ0) is 16.8. The Bertz CT molecular complexity index is 839. The Morgan fingerprint density at radius 2 is 1.79 bits per heavy atom. The fraction of sp³-hybridized carbons (Fsp3) is 0.167. The number of carbonyl (C=O) groups excluding carboxylic acids is 1. The van der Waals surface area contributed by atoms with Crippen molar-refractivity contribution in [2.75, 3.05) is 11.5 Å². The van der Waals surface area contributed by atoms with Crippen molar-refractivity contribution in [3.8, 4) is 0 Å². The smallest absolute Gasteiger partial charge is 0.230 e. The number of rotatable bonds is 6. The van der Waals surface area contributed by atoms with Crippen molar-refractivity contribution >= 4 is 34.4 Å². The molecule has 0 atom stereocenters. The average molecular weight is 338 g/mol. The van der Waals surface area contributed by atoms with E-state index in [1.165, 1.54) is 11.8 Å². The van der Waals surface area contributed by atoms with Gasteiger partial charge < -0.3 is 11.1 Å². The third kappa shape index (κ3) is 4.23. The molecule has 0 aliphatic carbocycles. The largest absolute Gasteiger partial charge is 0.383 e. The number of benzene rings is 2. The van der Waals surface area contributed by atoms with Gasteiger partial charge in [-0.05, 0) is 17.7 Å². The maximum Gasteiger partial charge on any atom is 0.230 e. The molecule has 0 aliphatic heterocycles. The first-order valence-corrected chi connectivity index (χ1v) is 8.77. The van der Waals surface area contributed by atoms with E-state index in [1.54, 1.807) is 0 Å². The van der Waals surface area contributed by atoms with Gasteiger partial charge in [-0.2, -0.15) is 0 Å². The number of nitrogens with zero attached hydrogens (tertiary/aromatic N) is 2. The average Bonchev–Trinajstić information content (AvgIpc) is 2.61. The van der Waals surface area contributed by atoms with Crippen LogP contribution < -0.4 is 11.1 Å². The van der Waals surface area contributed by atoms with E-state index in [-0.39, 0.29) is 5.91 Å². The molecule has 0 saturated heterocycles. The third-order valence-corrected chi connectivity index (χ3v) is 4.40. The zero-order valence-electron chi connectivity index (χ0n) is 13.1. The first kappa shape index (κ1) is 16.3. The predicted octanol–water partition coefficient (Wildman–Crippen LogP) is 2.76. The second kappa shape index (κ2) is 7.79. The maximum atomic E-state index is 11.9. The first-order chi connectivity index (χ1) is 11.7. The molecule has 1 heterocycles. The second-order valence-electron chi connectivity index (χ2n) is 5.30. The van der Waals surface area contributed by atoms with E-state index in [0.717, 1.165) is 16.5 Å². The fourth-order valence-corrected chi connectivity index (χ4v) is 3.00. The molecular weight excluding hydrogens is 320 g/mol. The first-order valence-electron chi connectivity index (χ1n) is 7.62. The predicted molar refractivity (Wildman–Crippen MR) is 98.4 cm³/mol. The van der Waals surface area contributed by atoms with Crippen molar-refractivity contribution < 1.29 is 4.79 Å². The summed E-state index contributed by atoms with van der Waals surface area (Å²) >= 11 is 1.47. The van der Waals surface area contributed by atoms with E-state index in [9.17, 15) is 4.79 Å². The van der Waals surface area contributed by atoms with Gasteiger partial charge >= 0.3 is 0 Å². The van der Waals surface area contributed by atoms with Crippen molar-refractivity contribution in [1.29, 1.82) is 0 Å². The zero-order valence-corrected chi connectivity index (χ0v) is 13.9. The third-order valence-electron chi connectivity index (χ3n) is 3.48. The van der Waals surface area contributed by atoms with Crippen LogP contribution in [0.4, 0.5) is 5.82 Å². The number of carbonyl (C=O) groups is 1. The summed E-state index contributed by atoms with van der Waals surface area (Å²) < 4.78 is 0. The van der Waals surface area contributed by atoms with Crippen LogP contribution in [0.1, 0.15) is 11.4 Å². The van der Waals surface area contributed by atoms with Crippen LogP contribution in [-0.2, 0) is 17.1 Å². The van der Waals surface area contributed by atoms with Gasteiger partial charge in [0, 0.05) is 11.9 Å². The van der Waals surface area contributed by atoms with Gasteiger partial charge in [-0.25, -0.2) is 9.97 Å². The van der Waals surface area contributed by atoms with Crippen molar-refractivity contribution in [3.63, 3.8) is 0 Å². The van der Waals surface area contributed by atoms with Gasteiger partial charge in [0.25, 0.3) is 0 Å². The van der Waals surface area contributed by atoms with Gasteiger partial charge in [0.15, 0.2) is 0 Å². The highest BCUT2D eigenvalue weighted by atomic mass is 32.2. The lowest BCUT2D eigenvalue weighted by Crippen LogP contribution is -2.24. The van der Waals surface area contributed by atoms with Crippen LogP contribution >= 0.6 is 11.8 Å². The molecule has 0 radical (unpaired) electrons. The van der Waals surface area contributed by atoms with Gasteiger partial charge in [-0.15, -0.1) is 11.8 Å². The summed E-state index contributed by atoms with van der Waals surface area (Å²) in [7, 11) is 0. The monoisotopic (exact) mass is 338 g/mol. The highest BCUT2D eigenvalue weighted by molar-refractivity contribution is 7.99. The number of anilines is 1. The molecule has 3 N–H and O–H groups in total. The molecular formula is C18H18N4OS. The molecule has 0 unspecified atom stereocenters. The Kier molecular flexibility index (Phi) is 5.28. The molecule has 5 nitrogen and oxygen atoms in total. The number of nitrogens with one attached hydrogen (secondary N) is 1. The summed E-state index contributed by atoms with van der Waals surface area (Å²) in [4.78, 5) is 20.7. The highest BCUT2D eigenvalue weighted by Crippen LogP contribution is 2.19. The summed E-state index contributed by atoms with van der Waals surface area (Å²) in [5.41, 5.74) is 7.87. The van der Waals surface area contributed by atoms with Crippen molar-refractivity contribution in [2.24, 2.45) is 0 Å². The summed E-state index contributed by atoms with van der Waals surface area (Å²) in [6.45, 7) is 0.541. The number of nitrogens with two attached hydrogens (primary N) is 1. The highest BCUT2D eigenvalue weighted by Gasteiger charge is 2.07. The molecule has 122 valence electrons. The van der Waals surface area contributed by atoms with Crippen molar-refractivity contribution in [2.45, 2.75) is 12.3 Å². The minimum absolute atomic E-state index is 0.00221. The molecule has 0 spiro atoms. The van der Waals surface area contributed by atoms with E-state index >= 15 is 0 Å². The van der Waals surface area contributed by atoms with Crippen molar-refractivity contribution in [3.05, 3.63) is 66.0 Å². The van der Waals surface area contributed by atoms with Crippen LogP contribution in [0.15, 0.2) is 54.6 Å². The van der Waals surface area contributed by atoms with Gasteiger partial charge in [0.05, 0.1) is 17.0 Å². The Morgan fingerprint density at radius 3 is 2.62 bits per heavy atom. The molecule has 24 heavy (non-hydrogen) atoms. The minimum Gasteiger partial charge on any atom is -0.383 e. The van der Waals surface area contributed by atoms with E-state index in [2.05, 4.69) is 15.3 Å². The standard InChI is InChI=1S/C18H18N4OS/c19-18-14-8-4-5-9-15(14)21-16(22-18)11-24-12-17(23)20-10-13-6-2-1-3-7-13/h1-9H,10-12H2,(H,20,23)(H2,19,21,22). The minimum atomic E-state index is -0.00221. The maximum absolute atomic E-state index is 11.9. The molecule has 3 rings (SSSR count). The van der Waals surface area contributed by atoms with Crippen LogP contribution in [0.5, 0.6) is 0 Å². The number of thioether (sulfide) groups is 1. The number of hydrogen-bond donors (Lipinski definition) is 2. The summed E-state index contributed by atoms with van der Waals surface area (Å²) in [5, 5.41) is 3.75. The van der Waals surface area contributed by atoms with E-state index < -0.39 is 0 Å². The fourth-order valence-electron chi connectivity index (χ4n) is 2.30. The van der Waals surface area contributed by atoms with Gasteiger partial charge in [0.1, 0.15) is 11.6 Å². The molecule has 0 fully saturated rings. The number of aromatic nitrogens is 2. The summed E-state index contributed by atoms with van der Waals surface area (Å²) in [5.74, 6) is 2.03. The lowest BCUT2D eigenvalue weighted by molar-refractivity contribution is -0.118.